The molecule has 7 heteroatoms. The summed E-state index contributed by atoms with van der Waals surface area (Å²) in [6.07, 6.45) is 0.0167. The van der Waals surface area contributed by atoms with E-state index in [-0.39, 0.29) is 17.5 Å². The van der Waals surface area contributed by atoms with Crippen molar-refractivity contribution in [1.82, 2.24) is 4.98 Å². The second-order valence-corrected chi connectivity index (χ2v) is 4.48. The molecule has 0 radical (unpaired) electrons. The maximum absolute atomic E-state index is 11.0. The van der Waals surface area contributed by atoms with Gasteiger partial charge in [-0.2, -0.15) is 0 Å². The molecule has 1 heterocycles. The molecule has 3 N–H and O–H groups in total. The molecule has 0 fully saturated rings. The highest BCUT2D eigenvalue weighted by molar-refractivity contribution is 5.60. The summed E-state index contributed by atoms with van der Waals surface area (Å²) >= 11 is 0. The number of nitro groups is 1. The monoisotopic (exact) mass is 268 g/mol. The van der Waals surface area contributed by atoms with Gasteiger partial charge in [-0.1, -0.05) is 0 Å². The number of anilines is 2. The lowest BCUT2D eigenvalue weighted by Crippen LogP contribution is -2.22. The lowest BCUT2D eigenvalue weighted by Gasteiger charge is -2.16. The van der Waals surface area contributed by atoms with Gasteiger partial charge in [-0.25, -0.2) is 4.98 Å². The Bertz CT molecular complexity index is 437. The van der Waals surface area contributed by atoms with Crippen LogP contribution in [-0.2, 0) is 0 Å². The van der Waals surface area contributed by atoms with Crippen molar-refractivity contribution in [3.05, 3.63) is 22.2 Å². The quantitative estimate of drug-likeness (QED) is 0.516. The van der Waals surface area contributed by atoms with Crippen molar-refractivity contribution < 1.29 is 10.0 Å². The molecule has 2 unspecified atom stereocenters. The van der Waals surface area contributed by atoms with Crippen LogP contribution in [0.4, 0.5) is 17.3 Å². The maximum Gasteiger partial charge on any atom is 0.311 e. The zero-order valence-electron chi connectivity index (χ0n) is 11.4. The molecule has 0 aliphatic carbocycles. The number of aromatic nitrogens is 1. The largest absolute Gasteiger partial charge is 0.393 e. The van der Waals surface area contributed by atoms with Gasteiger partial charge in [0.15, 0.2) is 0 Å². The molecule has 106 valence electrons. The fourth-order valence-electron chi connectivity index (χ4n) is 1.79. The van der Waals surface area contributed by atoms with E-state index in [1.165, 1.54) is 6.07 Å². The first-order valence-electron chi connectivity index (χ1n) is 6.28. The third kappa shape index (κ3) is 4.70. The van der Waals surface area contributed by atoms with Crippen LogP contribution in [0.25, 0.3) is 0 Å². The first-order chi connectivity index (χ1) is 8.93. The number of aliphatic hydroxyl groups is 1. The summed E-state index contributed by atoms with van der Waals surface area (Å²) in [6, 6.07) is 2.89. The average molecular weight is 268 g/mol. The van der Waals surface area contributed by atoms with Gasteiger partial charge in [-0.3, -0.25) is 10.1 Å². The van der Waals surface area contributed by atoms with Gasteiger partial charge in [0.2, 0.25) is 5.82 Å². The Kier molecular flexibility index (Phi) is 5.50. The highest BCUT2D eigenvalue weighted by Gasteiger charge is 2.18. The molecule has 1 aromatic rings. The summed E-state index contributed by atoms with van der Waals surface area (Å²) < 4.78 is 0. The Hall–Kier alpha value is -1.89. The van der Waals surface area contributed by atoms with Gasteiger partial charge in [-0.05, 0) is 33.3 Å². The molecule has 1 aromatic heterocycles. The Morgan fingerprint density at radius 3 is 2.68 bits per heavy atom. The summed E-state index contributed by atoms with van der Waals surface area (Å²) in [6.45, 7) is 6.13. The van der Waals surface area contributed by atoms with E-state index < -0.39 is 11.0 Å². The smallest absolute Gasteiger partial charge is 0.311 e. The molecule has 0 aliphatic heterocycles. The number of aliphatic hydroxyl groups excluding tert-OH is 1. The zero-order chi connectivity index (χ0) is 14.4. The SMILES string of the molecule is CCNc1ccc([N+](=O)[O-])c(NC(C)CC(C)O)n1. The number of nitrogens with zero attached hydrogens (tertiary/aromatic N) is 2. The summed E-state index contributed by atoms with van der Waals surface area (Å²) in [5.41, 5.74) is -0.0703. The molecule has 7 nitrogen and oxygen atoms in total. The number of pyridine rings is 1. The van der Waals surface area contributed by atoms with E-state index in [0.29, 0.717) is 18.8 Å². The first-order valence-corrected chi connectivity index (χ1v) is 6.28. The molecule has 2 atom stereocenters. The van der Waals surface area contributed by atoms with Crippen molar-refractivity contribution in [2.45, 2.75) is 39.3 Å². The minimum atomic E-state index is -0.474. The Labute approximate surface area is 112 Å². The number of rotatable bonds is 7. The molecular formula is C12H20N4O3. The van der Waals surface area contributed by atoms with Crippen LogP contribution in [0.1, 0.15) is 27.2 Å². The molecule has 0 aliphatic rings. The van der Waals surface area contributed by atoms with Crippen LogP contribution < -0.4 is 10.6 Å². The van der Waals surface area contributed by atoms with E-state index in [2.05, 4.69) is 15.6 Å². The van der Waals surface area contributed by atoms with Crippen molar-refractivity contribution in [2.75, 3.05) is 17.2 Å². The van der Waals surface area contributed by atoms with E-state index in [0.717, 1.165) is 0 Å². The third-order valence-electron chi connectivity index (χ3n) is 2.51. The predicted molar refractivity (Wildman–Crippen MR) is 74.4 cm³/mol. The lowest BCUT2D eigenvalue weighted by atomic mass is 10.1. The van der Waals surface area contributed by atoms with E-state index in [1.54, 1.807) is 13.0 Å². The van der Waals surface area contributed by atoms with Gasteiger partial charge < -0.3 is 15.7 Å². The van der Waals surface area contributed by atoms with Crippen molar-refractivity contribution in [3.63, 3.8) is 0 Å². The minimum absolute atomic E-state index is 0.0703. The first kappa shape index (κ1) is 15.2. The molecule has 0 aromatic carbocycles. The lowest BCUT2D eigenvalue weighted by molar-refractivity contribution is -0.384. The van der Waals surface area contributed by atoms with Crippen LogP contribution in [0.15, 0.2) is 12.1 Å². The Morgan fingerprint density at radius 1 is 1.47 bits per heavy atom. The molecule has 1 rings (SSSR count). The van der Waals surface area contributed by atoms with Crippen molar-refractivity contribution >= 4 is 17.3 Å². The molecule has 0 saturated heterocycles. The van der Waals surface area contributed by atoms with E-state index in [9.17, 15) is 15.2 Å². The average Bonchev–Trinajstić information content (AvgIpc) is 2.27. The van der Waals surface area contributed by atoms with Crippen LogP contribution >= 0.6 is 0 Å². The number of hydrogen-bond donors (Lipinski definition) is 3. The number of nitrogens with one attached hydrogen (secondary N) is 2. The van der Waals surface area contributed by atoms with Gasteiger partial charge in [0.1, 0.15) is 5.82 Å². The molecular weight excluding hydrogens is 248 g/mol. The minimum Gasteiger partial charge on any atom is -0.393 e. The Morgan fingerprint density at radius 2 is 2.16 bits per heavy atom. The second-order valence-electron chi connectivity index (χ2n) is 4.48. The standard InChI is InChI=1S/C12H20N4O3/c1-4-13-11-6-5-10(16(18)19)12(15-11)14-8(2)7-9(3)17/h5-6,8-9,17H,4,7H2,1-3H3,(H2,13,14,15). The van der Waals surface area contributed by atoms with Crippen LogP contribution in [0.3, 0.4) is 0 Å². The maximum atomic E-state index is 11.0. The van der Waals surface area contributed by atoms with Crippen LogP contribution in [-0.4, -0.2) is 33.7 Å². The van der Waals surface area contributed by atoms with Gasteiger partial charge >= 0.3 is 5.69 Å². The van der Waals surface area contributed by atoms with Crippen molar-refractivity contribution in [3.8, 4) is 0 Å². The van der Waals surface area contributed by atoms with E-state index in [1.807, 2.05) is 13.8 Å². The summed E-state index contributed by atoms with van der Waals surface area (Å²) in [5, 5.41) is 26.2. The third-order valence-corrected chi connectivity index (χ3v) is 2.51. The van der Waals surface area contributed by atoms with Crippen LogP contribution in [0, 0.1) is 10.1 Å². The topological polar surface area (TPSA) is 100 Å². The number of hydrogen-bond acceptors (Lipinski definition) is 6. The van der Waals surface area contributed by atoms with Gasteiger partial charge in [0, 0.05) is 18.7 Å². The summed E-state index contributed by atoms with van der Waals surface area (Å²) in [4.78, 5) is 14.7. The highest BCUT2D eigenvalue weighted by Crippen LogP contribution is 2.25. The summed E-state index contributed by atoms with van der Waals surface area (Å²) in [7, 11) is 0. The van der Waals surface area contributed by atoms with Crippen LogP contribution in [0.5, 0.6) is 0 Å². The van der Waals surface area contributed by atoms with E-state index >= 15 is 0 Å². The van der Waals surface area contributed by atoms with Gasteiger partial charge in [0.05, 0.1) is 11.0 Å². The highest BCUT2D eigenvalue weighted by atomic mass is 16.6. The molecule has 19 heavy (non-hydrogen) atoms. The molecule has 0 bridgehead atoms. The molecule has 0 amide bonds. The van der Waals surface area contributed by atoms with Gasteiger partial charge in [-0.15, -0.1) is 0 Å². The normalized spacial score (nSPS) is 13.7. The van der Waals surface area contributed by atoms with Crippen molar-refractivity contribution in [2.24, 2.45) is 0 Å². The molecule has 0 saturated carbocycles. The van der Waals surface area contributed by atoms with E-state index in [4.69, 9.17) is 0 Å². The fourth-order valence-corrected chi connectivity index (χ4v) is 1.79. The fraction of sp³-hybridized carbons (Fsp3) is 0.583. The van der Waals surface area contributed by atoms with Gasteiger partial charge in [0.25, 0.3) is 0 Å². The summed E-state index contributed by atoms with van der Waals surface area (Å²) in [5.74, 6) is 0.802. The predicted octanol–water partition coefficient (Wildman–Crippen LogP) is 1.99. The second kappa shape index (κ2) is 6.89. The molecule has 0 spiro atoms. The van der Waals surface area contributed by atoms with Crippen molar-refractivity contribution in [1.29, 1.82) is 0 Å². The Balaban J connectivity index is 2.93. The zero-order valence-corrected chi connectivity index (χ0v) is 11.4. The van der Waals surface area contributed by atoms with Crippen LogP contribution in [0.2, 0.25) is 0 Å².